The quantitative estimate of drug-likeness (QED) is 0.888. The zero-order valence-corrected chi connectivity index (χ0v) is 14.9. The van der Waals surface area contributed by atoms with Crippen molar-refractivity contribution in [3.8, 4) is 0 Å². The Labute approximate surface area is 152 Å². The highest BCUT2D eigenvalue weighted by Crippen LogP contribution is 2.31. The largest absolute Gasteiger partial charge is 0.338 e. The Hall–Kier alpha value is -2.83. The van der Waals surface area contributed by atoms with Gasteiger partial charge in [-0.15, -0.1) is 0 Å². The Balaban J connectivity index is 1.47. The van der Waals surface area contributed by atoms with Crippen LogP contribution in [0.2, 0.25) is 0 Å². The van der Waals surface area contributed by atoms with Gasteiger partial charge in [-0.25, -0.2) is 9.78 Å². The van der Waals surface area contributed by atoms with E-state index in [1.165, 1.54) is 0 Å². The fourth-order valence-corrected chi connectivity index (χ4v) is 3.73. The van der Waals surface area contributed by atoms with Crippen molar-refractivity contribution in [1.29, 1.82) is 0 Å². The van der Waals surface area contributed by atoms with Gasteiger partial charge in [-0.1, -0.05) is 6.07 Å². The Kier molecular flexibility index (Phi) is 4.36. The first-order chi connectivity index (χ1) is 12.7. The molecule has 26 heavy (non-hydrogen) atoms. The second-order valence-corrected chi connectivity index (χ2v) is 6.80. The van der Waals surface area contributed by atoms with Crippen molar-refractivity contribution in [1.82, 2.24) is 14.9 Å². The summed E-state index contributed by atoms with van der Waals surface area (Å²) in [6.07, 6.45) is 6.05. The van der Waals surface area contributed by atoms with Crippen molar-refractivity contribution < 1.29 is 9.59 Å². The van der Waals surface area contributed by atoms with Gasteiger partial charge in [-0.2, -0.15) is 0 Å². The van der Waals surface area contributed by atoms with Crippen molar-refractivity contribution in [3.63, 3.8) is 0 Å². The Bertz CT molecular complexity index is 844. The first-order valence-electron chi connectivity index (χ1n) is 9.15. The van der Waals surface area contributed by atoms with Crippen LogP contribution < -0.4 is 15.5 Å². The van der Waals surface area contributed by atoms with Crippen LogP contribution in [-0.2, 0) is 24.2 Å². The molecule has 7 nitrogen and oxygen atoms in total. The highest BCUT2D eigenvalue weighted by Gasteiger charge is 2.27. The average molecular weight is 353 g/mol. The molecule has 0 fully saturated rings. The summed E-state index contributed by atoms with van der Waals surface area (Å²) in [5.41, 5.74) is 2.75. The SMILES string of the molecule is CCNC(=O)N1CCc2ccc(NC(=O)C3CCn4ccnc4C3)cc21. The number of amides is 3. The first kappa shape index (κ1) is 16.6. The molecular formula is C19H23N5O2. The van der Waals surface area contributed by atoms with Crippen LogP contribution in [0.5, 0.6) is 0 Å². The molecule has 136 valence electrons. The third-order valence-corrected chi connectivity index (χ3v) is 5.14. The van der Waals surface area contributed by atoms with E-state index >= 15 is 0 Å². The van der Waals surface area contributed by atoms with E-state index in [1.54, 1.807) is 11.1 Å². The molecule has 0 bridgehead atoms. The molecule has 4 rings (SSSR count). The summed E-state index contributed by atoms with van der Waals surface area (Å²) >= 11 is 0. The third-order valence-electron chi connectivity index (χ3n) is 5.14. The van der Waals surface area contributed by atoms with Gasteiger partial charge < -0.3 is 15.2 Å². The Morgan fingerprint density at radius 2 is 2.19 bits per heavy atom. The minimum absolute atomic E-state index is 0.0155. The molecule has 1 unspecified atom stereocenters. The van der Waals surface area contributed by atoms with E-state index in [4.69, 9.17) is 0 Å². The number of nitrogens with zero attached hydrogens (tertiary/aromatic N) is 3. The summed E-state index contributed by atoms with van der Waals surface area (Å²) in [6, 6.07) is 5.73. The minimum Gasteiger partial charge on any atom is -0.338 e. The number of nitrogens with one attached hydrogen (secondary N) is 2. The second kappa shape index (κ2) is 6.82. The molecule has 3 heterocycles. The number of aryl methyl sites for hydroxylation is 1. The van der Waals surface area contributed by atoms with E-state index in [-0.39, 0.29) is 17.9 Å². The molecule has 3 amide bonds. The van der Waals surface area contributed by atoms with E-state index < -0.39 is 0 Å². The molecule has 2 aliphatic heterocycles. The smallest absolute Gasteiger partial charge is 0.321 e. The third kappa shape index (κ3) is 3.05. The lowest BCUT2D eigenvalue weighted by Crippen LogP contribution is -2.38. The van der Waals surface area contributed by atoms with Gasteiger partial charge in [0, 0.05) is 50.1 Å². The van der Waals surface area contributed by atoms with Crippen molar-refractivity contribution >= 4 is 23.3 Å². The number of anilines is 2. The molecule has 1 atom stereocenters. The topological polar surface area (TPSA) is 79.3 Å². The molecule has 0 saturated carbocycles. The predicted molar refractivity (Wildman–Crippen MR) is 99.2 cm³/mol. The maximum absolute atomic E-state index is 12.7. The van der Waals surface area contributed by atoms with Gasteiger partial charge in [0.05, 0.1) is 5.69 Å². The molecule has 0 spiro atoms. The van der Waals surface area contributed by atoms with Gasteiger partial charge >= 0.3 is 6.03 Å². The molecule has 7 heteroatoms. The van der Waals surface area contributed by atoms with Crippen LogP contribution in [-0.4, -0.2) is 34.6 Å². The van der Waals surface area contributed by atoms with Crippen molar-refractivity contribution in [2.24, 2.45) is 5.92 Å². The highest BCUT2D eigenvalue weighted by molar-refractivity contribution is 5.97. The van der Waals surface area contributed by atoms with Gasteiger partial charge in [-0.05, 0) is 37.5 Å². The molecule has 0 aliphatic carbocycles. The molecule has 0 radical (unpaired) electrons. The number of carbonyl (C=O) groups excluding carboxylic acids is 2. The van der Waals surface area contributed by atoms with Crippen molar-refractivity contribution in [2.75, 3.05) is 23.3 Å². The first-order valence-corrected chi connectivity index (χ1v) is 9.15. The van der Waals surface area contributed by atoms with Gasteiger partial charge in [0.2, 0.25) is 5.91 Å². The summed E-state index contributed by atoms with van der Waals surface area (Å²) in [5.74, 6) is 0.909. The van der Waals surface area contributed by atoms with Gasteiger partial charge in [0.25, 0.3) is 0 Å². The van der Waals surface area contributed by atoms with Gasteiger partial charge in [-0.3, -0.25) is 9.69 Å². The van der Waals surface area contributed by atoms with E-state index in [0.717, 1.165) is 42.1 Å². The predicted octanol–water partition coefficient (Wildman–Crippen LogP) is 2.18. The fourth-order valence-electron chi connectivity index (χ4n) is 3.73. The zero-order valence-electron chi connectivity index (χ0n) is 14.9. The van der Waals surface area contributed by atoms with Crippen LogP contribution in [0.3, 0.4) is 0 Å². The second-order valence-electron chi connectivity index (χ2n) is 6.80. The summed E-state index contributed by atoms with van der Waals surface area (Å²) in [7, 11) is 0. The molecule has 0 saturated heterocycles. The number of urea groups is 1. The lowest BCUT2D eigenvalue weighted by atomic mass is 9.96. The van der Waals surface area contributed by atoms with Crippen LogP contribution in [0.4, 0.5) is 16.2 Å². The van der Waals surface area contributed by atoms with E-state index in [1.807, 2.05) is 31.3 Å². The Morgan fingerprint density at radius 3 is 3.04 bits per heavy atom. The number of rotatable bonds is 3. The molecule has 2 aromatic rings. The number of fused-ring (bicyclic) bond motifs is 2. The van der Waals surface area contributed by atoms with Crippen LogP contribution in [0, 0.1) is 5.92 Å². The summed E-state index contributed by atoms with van der Waals surface area (Å²) in [4.78, 5) is 30.9. The van der Waals surface area contributed by atoms with E-state index in [0.29, 0.717) is 19.5 Å². The number of carbonyl (C=O) groups is 2. The zero-order chi connectivity index (χ0) is 18.1. The van der Waals surface area contributed by atoms with Crippen molar-refractivity contribution in [2.45, 2.75) is 32.7 Å². The van der Waals surface area contributed by atoms with Crippen LogP contribution >= 0.6 is 0 Å². The molecule has 2 aliphatic rings. The number of aromatic nitrogens is 2. The summed E-state index contributed by atoms with van der Waals surface area (Å²) < 4.78 is 2.10. The van der Waals surface area contributed by atoms with Crippen molar-refractivity contribution in [3.05, 3.63) is 42.0 Å². The lowest BCUT2D eigenvalue weighted by Gasteiger charge is -2.23. The monoisotopic (exact) mass is 353 g/mol. The van der Waals surface area contributed by atoms with Gasteiger partial charge in [0.15, 0.2) is 0 Å². The number of benzene rings is 1. The molecule has 2 N–H and O–H groups in total. The Morgan fingerprint density at radius 1 is 1.31 bits per heavy atom. The lowest BCUT2D eigenvalue weighted by molar-refractivity contribution is -0.120. The molecular weight excluding hydrogens is 330 g/mol. The van der Waals surface area contributed by atoms with Gasteiger partial charge in [0.1, 0.15) is 5.82 Å². The number of hydrogen-bond acceptors (Lipinski definition) is 3. The van der Waals surface area contributed by atoms with Crippen LogP contribution in [0.15, 0.2) is 30.6 Å². The van der Waals surface area contributed by atoms with Crippen LogP contribution in [0.1, 0.15) is 24.7 Å². The molecule has 1 aromatic carbocycles. The summed E-state index contributed by atoms with van der Waals surface area (Å²) in [5, 5.41) is 5.86. The number of imidazole rings is 1. The average Bonchev–Trinajstić information content (AvgIpc) is 3.27. The minimum atomic E-state index is -0.0890. The maximum Gasteiger partial charge on any atom is 0.321 e. The van der Waals surface area contributed by atoms with E-state index in [9.17, 15) is 9.59 Å². The fraction of sp³-hybridized carbons (Fsp3) is 0.421. The maximum atomic E-state index is 12.7. The molecule has 1 aromatic heterocycles. The summed E-state index contributed by atoms with van der Waals surface area (Å²) in [6.45, 7) is 3.99. The standard InChI is InChI=1S/C19H23N5O2/c1-2-20-19(26)24-9-6-13-3-4-15(12-16(13)24)22-18(25)14-5-8-23-10-7-21-17(23)11-14/h3-4,7,10,12,14H,2,5-6,8-9,11H2,1H3,(H,20,26)(H,22,25). The normalized spacial score (nSPS) is 18.2. The van der Waals surface area contributed by atoms with Crippen LogP contribution in [0.25, 0.3) is 0 Å². The number of hydrogen-bond donors (Lipinski definition) is 2. The highest BCUT2D eigenvalue weighted by atomic mass is 16.2. The van der Waals surface area contributed by atoms with E-state index in [2.05, 4.69) is 20.2 Å².